The van der Waals surface area contributed by atoms with Crippen LogP contribution in [-0.4, -0.2) is 14.1 Å². The summed E-state index contributed by atoms with van der Waals surface area (Å²) in [6.45, 7) is 0. The van der Waals surface area contributed by atoms with E-state index in [2.05, 4.69) is 142 Å². The second-order valence-electron chi connectivity index (χ2n) is 11.9. The van der Waals surface area contributed by atoms with Crippen molar-refractivity contribution in [1.29, 1.82) is 0 Å². The standard InChI is InChI=1S/C41H23N3S2/c1-2-9-24(10-3-1)43-31-14-6-4-12-28(31)37-33(43)19-17-29-38-36(46-41(29)37)20-18-26-30-23-42-22-21-32(30)44(39(26)38)34-15-8-13-27-25-11-5-7-16-35(25)45-40(27)34/h1-23H. The Bertz CT molecular complexity index is 3030. The van der Waals surface area contributed by atoms with E-state index in [0.717, 1.165) is 0 Å². The first kappa shape index (κ1) is 24.8. The van der Waals surface area contributed by atoms with Gasteiger partial charge < -0.3 is 9.13 Å². The van der Waals surface area contributed by atoms with Gasteiger partial charge in [-0.25, -0.2) is 0 Å². The first-order valence-electron chi connectivity index (χ1n) is 15.5. The molecule has 0 saturated heterocycles. The van der Waals surface area contributed by atoms with E-state index in [0.29, 0.717) is 0 Å². The van der Waals surface area contributed by atoms with Crippen molar-refractivity contribution >= 4 is 107 Å². The molecule has 0 fully saturated rings. The van der Waals surface area contributed by atoms with Crippen LogP contribution in [0.1, 0.15) is 0 Å². The van der Waals surface area contributed by atoms with Crippen molar-refractivity contribution in [1.82, 2.24) is 14.1 Å². The molecule has 6 aromatic carbocycles. The van der Waals surface area contributed by atoms with Crippen LogP contribution >= 0.6 is 22.7 Å². The van der Waals surface area contributed by atoms with Gasteiger partial charge in [0, 0.05) is 75.3 Å². The molecule has 0 unspecified atom stereocenters. The molecule has 46 heavy (non-hydrogen) atoms. The predicted molar refractivity (Wildman–Crippen MR) is 199 cm³/mol. The van der Waals surface area contributed by atoms with Gasteiger partial charge in [0.05, 0.1) is 32.5 Å². The molecule has 5 heterocycles. The van der Waals surface area contributed by atoms with Crippen molar-refractivity contribution in [3.05, 3.63) is 140 Å². The van der Waals surface area contributed by atoms with Crippen molar-refractivity contribution in [2.75, 3.05) is 0 Å². The van der Waals surface area contributed by atoms with Crippen LogP contribution in [-0.2, 0) is 0 Å². The van der Waals surface area contributed by atoms with Gasteiger partial charge in [0.15, 0.2) is 0 Å². The smallest absolute Gasteiger partial charge is 0.0641 e. The lowest BCUT2D eigenvalue weighted by molar-refractivity contribution is 1.18. The fourth-order valence-corrected chi connectivity index (χ4v) is 10.2. The quantitative estimate of drug-likeness (QED) is 0.188. The van der Waals surface area contributed by atoms with Gasteiger partial charge in [0.2, 0.25) is 0 Å². The zero-order valence-corrected chi connectivity index (χ0v) is 26.1. The molecule has 0 bridgehead atoms. The molecular weight excluding hydrogens is 599 g/mol. The molecule has 0 aliphatic rings. The second-order valence-corrected chi connectivity index (χ2v) is 14.0. The normalized spacial score (nSPS) is 12.3. The van der Waals surface area contributed by atoms with E-state index in [1.54, 1.807) is 0 Å². The summed E-state index contributed by atoms with van der Waals surface area (Å²) in [6, 6.07) is 46.6. The molecule has 11 aromatic rings. The number of rotatable bonds is 2. The van der Waals surface area contributed by atoms with Crippen LogP contribution in [0, 0.1) is 0 Å². The second kappa shape index (κ2) is 9.04. The molecule has 3 nitrogen and oxygen atoms in total. The summed E-state index contributed by atoms with van der Waals surface area (Å²) < 4.78 is 10.2. The molecular formula is C41H23N3S2. The molecule has 0 spiro atoms. The van der Waals surface area contributed by atoms with Gasteiger partial charge in [-0.3, -0.25) is 4.98 Å². The number of nitrogens with zero attached hydrogens (tertiary/aromatic N) is 3. The molecule has 5 heteroatoms. The molecule has 0 radical (unpaired) electrons. The van der Waals surface area contributed by atoms with Crippen LogP contribution in [0.5, 0.6) is 0 Å². The van der Waals surface area contributed by atoms with E-state index in [9.17, 15) is 0 Å². The summed E-state index contributed by atoms with van der Waals surface area (Å²) in [6.07, 6.45) is 3.96. The summed E-state index contributed by atoms with van der Waals surface area (Å²) in [4.78, 5) is 4.59. The number of thiophene rings is 2. The van der Waals surface area contributed by atoms with Crippen molar-refractivity contribution in [2.45, 2.75) is 0 Å². The highest BCUT2D eigenvalue weighted by Gasteiger charge is 2.23. The summed E-state index contributed by atoms with van der Waals surface area (Å²) in [5.41, 5.74) is 7.31. The maximum Gasteiger partial charge on any atom is 0.0641 e. The first-order chi connectivity index (χ1) is 22.8. The van der Waals surface area contributed by atoms with Gasteiger partial charge in [-0.15, -0.1) is 22.7 Å². The first-order valence-corrected chi connectivity index (χ1v) is 17.1. The van der Waals surface area contributed by atoms with Crippen LogP contribution < -0.4 is 0 Å². The number of fused-ring (bicyclic) bond motifs is 14. The molecule has 11 rings (SSSR count). The van der Waals surface area contributed by atoms with Gasteiger partial charge in [0.1, 0.15) is 0 Å². The molecule has 0 saturated carbocycles. The van der Waals surface area contributed by atoms with E-state index in [4.69, 9.17) is 0 Å². The van der Waals surface area contributed by atoms with Gasteiger partial charge in [-0.1, -0.05) is 78.9 Å². The van der Waals surface area contributed by atoms with Crippen LogP contribution in [0.4, 0.5) is 0 Å². The highest BCUT2D eigenvalue weighted by molar-refractivity contribution is 7.27. The maximum absolute atomic E-state index is 4.59. The maximum atomic E-state index is 4.59. The van der Waals surface area contributed by atoms with E-state index < -0.39 is 0 Å². The van der Waals surface area contributed by atoms with Crippen molar-refractivity contribution in [3.8, 4) is 11.4 Å². The van der Waals surface area contributed by atoms with E-state index in [-0.39, 0.29) is 0 Å². The van der Waals surface area contributed by atoms with E-state index in [1.165, 1.54) is 95.3 Å². The minimum absolute atomic E-state index is 1.18. The number of hydrogen-bond acceptors (Lipinski definition) is 3. The lowest BCUT2D eigenvalue weighted by Gasteiger charge is -2.10. The average molecular weight is 622 g/mol. The molecule has 0 N–H and O–H groups in total. The Hall–Kier alpha value is -5.49. The minimum Gasteiger partial charge on any atom is -0.309 e. The van der Waals surface area contributed by atoms with Crippen LogP contribution in [0.3, 0.4) is 0 Å². The monoisotopic (exact) mass is 621 g/mol. The Kier molecular flexibility index (Phi) is 4.87. The molecule has 5 aromatic heterocycles. The number of aromatic nitrogens is 3. The molecule has 0 amide bonds. The van der Waals surface area contributed by atoms with Crippen LogP contribution in [0.25, 0.3) is 95.3 Å². The zero-order valence-electron chi connectivity index (χ0n) is 24.4. The third-order valence-electron chi connectivity index (χ3n) is 9.60. The fraction of sp³-hybridized carbons (Fsp3) is 0. The minimum atomic E-state index is 1.18. The van der Waals surface area contributed by atoms with Crippen molar-refractivity contribution < 1.29 is 0 Å². The summed E-state index contributed by atoms with van der Waals surface area (Å²) >= 11 is 3.79. The largest absolute Gasteiger partial charge is 0.309 e. The van der Waals surface area contributed by atoms with Crippen LogP contribution in [0.15, 0.2) is 140 Å². The van der Waals surface area contributed by atoms with Gasteiger partial charge in [0.25, 0.3) is 0 Å². The Labute approximate surface area is 270 Å². The topological polar surface area (TPSA) is 22.8 Å². The van der Waals surface area contributed by atoms with Gasteiger partial charge >= 0.3 is 0 Å². The molecule has 0 atom stereocenters. The van der Waals surface area contributed by atoms with Crippen molar-refractivity contribution in [3.63, 3.8) is 0 Å². The SMILES string of the molecule is c1ccc(-n2c3ccccc3c3c4sc5ccc6c7cnccc7n(-c7cccc8c7sc7ccccc78)c6c5c4ccc32)cc1. The van der Waals surface area contributed by atoms with Crippen molar-refractivity contribution in [2.24, 2.45) is 0 Å². The number of pyridine rings is 1. The Morgan fingerprint density at radius 1 is 0.435 bits per heavy atom. The number of para-hydroxylation sites is 2. The zero-order chi connectivity index (χ0) is 29.9. The van der Waals surface area contributed by atoms with Gasteiger partial charge in [-0.05, 0) is 48.5 Å². The average Bonchev–Trinajstić information content (AvgIpc) is 3.86. The predicted octanol–water partition coefficient (Wildman–Crippen LogP) is 12.0. The highest BCUT2D eigenvalue weighted by Crippen LogP contribution is 2.48. The number of benzene rings is 6. The van der Waals surface area contributed by atoms with Crippen LogP contribution in [0.2, 0.25) is 0 Å². The lowest BCUT2D eigenvalue weighted by atomic mass is 10.1. The third kappa shape index (κ3) is 3.13. The summed E-state index contributed by atoms with van der Waals surface area (Å²) in [7, 11) is 0. The summed E-state index contributed by atoms with van der Waals surface area (Å²) in [5.74, 6) is 0. The third-order valence-corrected chi connectivity index (χ3v) is 12.0. The Morgan fingerprint density at radius 3 is 2.13 bits per heavy atom. The van der Waals surface area contributed by atoms with E-state index in [1.807, 2.05) is 35.1 Å². The molecule has 214 valence electrons. The Morgan fingerprint density at radius 2 is 1.20 bits per heavy atom. The molecule has 0 aliphatic carbocycles. The Balaban J connectivity index is 1.33. The lowest BCUT2D eigenvalue weighted by Crippen LogP contribution is -1.94. The highest BCUT2D eigenvalue weighted by atomic mass is 32.1. The van der Waals surface area contributed by atoms with E-state index >= 15 is 0 Å². The summed E-state index contributed by atoms with van der Waals surface area (Å²) in [5, 5.41) is 10.3. The van der Waals surface area contributed by atoms with Gasteiger partial charge in [-0.2, -0.15) is 0 Å². The number of hydrogen-bond donors (Lipinski definition) is 0. The molecule has 0 aliphatic heterocycles. The fourth-order valence-electron chi connectivity index (χ4n) is 7.73.